The van der Waals surface area contributed by atoms with E-state index in [9.17, 15) is 0 Å². The van der Waals surface area contributed by atoms with Crippen molar-refractivity contribution in [1.82, 2.24) is 9.55 Å². The summed E-state index contributed by atoms with van der Waals surface area (Å²) in [5.74, 6) is 4.68. The molecule has 0 saturated heterocycles. The first-order valence-electron chi connectivity index (χ1n) is 8.57. The molecule has 2 nitrogen and oxygen atoms in total. The van der Waals surface area contributed by atoms with E-state index >= 15 is 0 Å². The normalized spacial score (nSPS) is 12.5. The SMILES string of the molecule is C#CCn1c(C(C)c2ccc(CC(C)C)cc2)nc2ccccc21. The second kappa shape index (κ2) is 6.93. The van der Waals surface area contributed by atoms with Crippen LogP contribution < -0.4 is 0 Å². The van der Waals surface area contributed by atoms with E-state index in [1.54, 1.807) is 0 Å². The molecule has 0 fully saturated rings. The van der Waals surface area contributed by atoms with Crippen molar-refractivity contribution in [1.29, 1.82) is 0 Å². The number of rotatable bonds is 5. The molecule has 2 aromatic carbocycles. The zero-order valence-corrected chi connectivity index (χ0v) is 14.7. The van der Waals surface area contributed by atoms with Gasteiger partial charge in [-0.2, -0.15) is 0 Å². The van der Waals surface area contributed by atoms with Crippen LogP contribution in [0.15, 0.2) is 48.5 Å². The van der Waals surface area contributed by atoms with E-state index < -0.39 is 0 Å². The fraction of sp³-hybridized carbons (Fsp3) is 0.318. The number of imidazole rings is 1. The van der Waals surface area contributed by atoms with Crippen LogP contribution in [0.5, 0.6) is 0 Å². The minimum atomic E-state index is 0.207. The molecule has 0 aliphatic heterocycles. The van der Waals surface area contributed by atoms with Gasteiger partial charge in [0.2, 0.25) is 0 Å². The van der Waals surface area contributed by atoms with Crippen LogP contribution in [-0.4, -0.2) is 9.55 Å². The average molecular weight is 316 g/mol. The molecular weight excluding hydrogens is 292 g/mol. The van der Waals surface area contributed by atoms with Gasteiger partial charge in [-0.1, -0.05) is 63.1 Å². The highest BCUT2D eigenvalue weighted by molar-refractivity contribution is 5.76. The summed E-state index contributed by atoms with van der Waals surface area (Å²) < 4.78 is 2.15. The van der Waals surface area contributed by atoms with Gasteiger partial charge in [-0.25, -0.2) is 4.98 Å². The maximum atomic E-state index is 5.59. The zero-order valence-electron chi connectivity index (χ0n) is 14.7. The largest absolute Gasteiger partial charge is 0.316 e. The monoisotopic (exact) mass is 316 g/mol. The third-order valence-corrected chi connectivity index (χ3v) is 4.44. The Labute approximate surface area is 144 Å². The number of hydrogen-bond acceptors (Lipinski definition) is 1. The van der Waals surface area contributed by atoms with E-state index in [-0.39, 0.29) is 5.92 Å². The minimum absolute atomic E-state index is 0.207. The number of fused-ring (bicyclic) bond motifs is 1. The molecule has 0 spiro atoms. The Bertz CT molecular complexity index is 863. The summed E-state index contributed by atoms with van der Waals surface area (Å²) in [4.78, 5) is 4.85. The average Bonchev–Trinajstić information content (AvgIpc) is 2.94. The first-order chi connectivity index (χ1) is 11.6. The third-order valence-electron chi connectivity index (χ3n) is 4.44. The fourth-order valence-electron chi connectivity index (χ4n) is 3.25. The third kappa shape index (κ3) is 3.21. The number of para-hydroxylation sites is 2. The van der Waals surface area contributed by atoms with E-state index in [4.69, 9.17) is 11.4 Å². The lowest BCUT2D eigenvalue weighted by Gasteiger charge is -2.14. The summed E-state index contributed by atoms with van der Waals surface area (Å²) in [7, 11) is 0. The zero-order chi connectivity index (χ0) is 17.1. The van der Waals surface area contributed by atoms with E-state index in [2.05, 4.69) is 61.6 Å². The van der Waals surface area contributed by atoms with E-state index in [1.165, 1.54) is 11.1 Å². The Morgan fingerprint density at radius 2 is 1.75 bits per heavy atom. The molecule has 24 heavy (non-hydrogen) atoms. The van der Waals surface area contributed by atoms with E-state index in [0.29, 0.717) is 12.5 Å². The summed E-state index contributed by atoms with van der Waals surface area (Å²) >= 11 is 0. The quantitative estimate of drug-likeness (QED) is 0.604. The number of aromatic nitrogens is 2. The Morgan fingerprint density at radius 1 is 1.04 bits per heavy atom. The van der Waals surface area contributed by atoms with Crippen LogP contribution in [0.1, 0.15) is 43.6 Å². The van der Waals surface area contributed by atoms with Gasteiger partial charge >= 0.3 is 0 Å². The van der Waals surface area contributed by atoms with Crippen LogP contribution in [0.3, 0.4) is 0 Å². The summed E-state index contributed by atoms with van der Waals surface area (Å²) in [6.07, 6.45) is 6.70. The van der Waals surface area contributed by atoms with Crippen molar-refractivity contribution in [3.63, 3.8) is 0 Å². The maximum Gasteiger partial charge on any atom is 0.118 e. The second-order valence-electron chi connectivity index (χ2n) is 6.81. The Kier molecular flexibility index (Phi) is 4.71. The molecule has 0 aliphatic carbocycles. The lowest BCUT2D eigenvalue weighted by atomic mass is 9.96. The van der Waals surface area contributed by atoms with Crippen LogP contribution in [0.25, 0.3) is 11.0 Å². The lowest BCUT2D eigenvalue weighted by molar-refractivity contribution is 0.646. The van der Waals surface area contributed by atoms with Gasteiger partial charge < -0.3 is 4.57 Å². The predicted octanol–water partition coefficient (Wildman–Crippen LogP) is 5.02. The molecular formula is C22H24N2. The summed E-state index contributed by atoms with van der Waals surface area (Å²) in [5, 5.41) is 0. The minimum Gasteiger partial charge on any atom is -0.316 e. The molecule has 2 heteroatoms. The van der Waals surface area contributed by atoms with Gasteiger partial charge in [-0.05, 0) is 35.6 Å². The Hall–Kier alpha value is -2.53. The van der Waals surface area contributed by atoms with E-state index in [0.717, 1.165) is 23.3 Å². The number of hydrogen-bond donors (Lipinski definition) is 0. The standard InChI is InChI=1S/C22H24N2/c1-5-14-24-21-9-7-6-8-20(21)23-22(24)17(4)19-12-10-18(11-13-19)15-16(2)3/h1,6-13,16-17H,14-15H2,2-4H3. The predicted molar refractivity (Wildman–Crippen MR) is 101 cm³/mol. The molecule has 3 rings (SSSR count). The van der Waals surface area contributed by atoms with Crippen molar-refractivity contribution in [2.45, 2.75) is 39.7 Å². The van der Waals surface area contributed by atoms with Crippen molar-refractivity contribution in [3.8, 4) is 12.3 Å². The number of terminal acetylenes is 1. The van der Waals surface area contributed by atoms with Crippen molar-refractivity contribution < 1.29 is 0 Å². The second-order valence-corrected chi connectivity index (χ2v) is 6.81. The molecule has 0 saturated carbocycles. The molecule has 0 amide bonds. The van der Waals surface area contributed by atoms with E-state index in [1.807, 2.05) is 18.2 Å². The highest BCUT2D eigenvalue weighted by Crippen LogP contribution is 2.27. The number of nitrogens with zero attached hydrogens (tertiary/aromatic N) is 2. The molecule has 0 N–H and O–H groups in total. The highest BCUT2D eigenvalue weighted by atomic mass is 15.1. The van der Waals surface area contributed by atoms with Gasteiger partial charge in [0.1, 0.15) is 5.82 Å². The topological polar surface area (TPSA) is 17.8 Å². The smallest absolute Gasteiger partial charge is 0.118 e. The van der Waals surface area contributed by atoms with Gasteiger partial charge in [0.05, 0.1) is 17.6 Å². The van der Waals surface area contributed by atoms with Crippen LogP contribution in [-0.2, 0) is 13.0 Å². The molecule has 0 bridgehead atoms. The lowest BCUT2D eigenvalue weighted by Crippen LogP contribution is -2.08. The molecule has 122 valence electrons. The highest BCUT2D eigenvalue weighted by Gasteiger charge is 2.17. The first-order valence-corrected chi connectivity index (χ1v) is 8.57. The molecule has 1 aromatic heterocycles. The molecule has 3 aromatic rings. The Morgan fingerprint density at radius 3 is 2.42 bits per heavy atom. The van der Waals surface area contributed by atoms with Crippen molar-refractivity contribution >= 4 is 11.0 Å². The molecule has 1 atom stereocenters. The van der Waals surface area contributed by atoms with Gasteiger partial charge in [0, 0.05) is 5.92 Å². The van der Waals surface area contributed by atoms with Gasteiger partial charge in [-0.15, -0.1) is 6.42 Å². The number of benzene rings is 2. The Balaban J connectivity index is 1.97. The van der Waals surface area contributed by atoms with Gasteiger partial charge in [0.25, 0.3) is 0 Å². The van der Waals surface area contributed by atoms with Crippen LogP contribution in [0, 0.1) is 18.3 Å². The van der Waals surface area contributed by atoms with Crippen molar-refractivity contribution in [3.05, 3.63) is 65.5 Å². The van der Waals surface area contributed by atoms with Gasteiger partial charge in [-0.3, -0.25) is 0 Å². The summed E-state index contributed by atoms with van der Waals surface area (Å²) in [6, 6.07) is 17.1. The fourth-order valence-corrected chi connectivity index (χ4v) is 3.25. The summed E-state index contributed by atoms with van der Waals surface area (Å²) in [6.45, 7) is 7.24. The van der Waals surface area contributed by atoms with Crippen LogP contribution in [0.4, 0.5) is 0 Å². The van der Waals surface area contributed by atoms with Crippen LogP contribution in [0.2, 0.25) is 0 Å². The van der Waals surface area contributed by atoms with Gasteiger partial charge in [0.15, 0.2) is 0 Å². The molecule has 0 aliphatic rings. The first kappa shape index (κ1) is 16.3. The van der Waals surface area contributed by atoms with Crippen LogP contribution >= 0.6 is 0 Å². The van der Waals surface area contributed by atoms with Crippen molar-refractivity contribution in [2.24, 2.45) is 5.92 Å². The van der Waals surface area contributed by atoms with Crippen molar-refractivity contribution in [2.75, 3.05) is 0 Å². The maximum absolute atomic E-state index is 5.59. The molecule has 0 radical (unpaired) electrons. The molecule has 1 unspecified atom stereocenters. The summed E-state index contributed by atoms with van der Waals surface area (Å²) in [5.41, 5.74) is 4.77. The molecule has 1 heterocycles.